The van der Waals surface area contributed by atoms with Gasteiger partial charge in [-0.1, -0.05) is 6.07 Å². The summed E-state index contributed by atoms with van der Waals surface area (Å²) in [6.07, 6.45) is 3.20. The van der Waals surface area contributed by atoms with Crippen molar-refractivity contribution in [2.24, 2.45) is 0 Å². The molecule has 0 radical (unpaired) electrons. The van der Waals surface area contributed by atoms with Gasteiger partial charge in [0.25, 0.3) is 5.91 Å². The van der Waals surface area contributed by atoms with Gasteiger partial charge in [0.1, 0.15) is 17.8 Å². The Bertz CT molecular complexity index is 1050. The van der Waals surface area contributed by atoms with Gasteiger partial charge >= 0.3 is 0 Å². The van der Waals surface area contributed by atoms with Crippen LogP contribution in [0.1, 0.15) is 28.2 Å². The fraction of sp³-hybridized carbons (Fsp3) is 0.300. The number of halogens is 1. The third kappa shape index (κ3) is 2.81. The monoisotopic (exact) mass is 378 g/mol. The van der Waals surface area contributed by atoms with E-state index in [1.165, 1.54) is 0 Å². The van der Waals surface area contributed by atoms with Crippen molar-refractivity contribution in [3.05, 3.63) is 59.7 Å². The maximum atomic E-state index is 13.4. The smallest absolute Gasteiger partial charge is 0.263 e. The van der Waals surface area contributed by atoms with E-state index in [1.807, 2.05) is 42.2 Å². The molecule has 0 N–H and O–H groups in total. The maximum Gasteiger partial charge on any atom is 0.263 e. The van der Waals surface area contributed by atoms with Gasteiger partial charge < -0.3 is 4.90 Å². The van der Waals surface area contributed by atoms with Gasteiger partial charge in [-0.3, -0.25) is 9.69 Å². The highest BCUT2D eigenvalue weighted by molar-refractivity contribution is 6.09. The maximum absolute atomic E-state index is 13.4. The molecule has 0 spiro atoms. The minimum Gasteiger partial charge on any atom is -0.354 e. The second kappa shape index (κ2) is 6.40. The average Bonchev–Trinajstić information content (AvgIpc) is 3.38. The van der Waals surface area contributed by atoms with Crippen molar-refractivity contribution in [1.82, 2.24) is 19.7 Å². The molecule has 28 heavy (non-hydrogen) atoms. The summed E-state index contributed by atoms with van der Waals surface area (Å²) >= 11 is 0. The van der Waals surface area contributed by atoms with Crippen LogP contribution >= 0.6 is 0 Å². The first-order valence-electron chi connectivity index (χ1n) is 9.28. The van der Waals surface area contributed by atoms with Crippen LogP contribution in [0.25, 0.3) is 5.69 Å². The Morgan fingerprint density at radius 2 is 2.07 bits per heavy atom. The van der Waals surface area contributed by atoms with Gasteiger partial charge in [-0.2, -0.15) is 5.10 Å². The van der Waals surface area contributed by atoms with Crippen LogP contribution in [-0.2, 0) is 6.54 Å². The second-order valence-corrected chi connectivity index (χ2v) is 7.17. The van der Waals surface area contributed by atoms with Crippen molar-refractivity contribution in [1.29, 1.82) is 0 Å². The zero-order valence-electron chi connectivity index (χ0n) is 15.4. The van der Waals surface area contributed by atoms with E-state index in [2.05, 4.69) is 15.1 Å². The number of carbonyl (C=O) groups excluding carboxylic acids is 1. The lowest BCUT2D eigenvalue weighted by molar-refractivity contribution is 0.0995. The molecule has 3 aromatic rings. The number of fused-ring (bicyclic) bond motifs is 1. The number of hydrogen-bond acceptors (Lipinski definition) is 5. The Hall–Kier alpha value is -3.29. The molecule has 1 unspecified atom stereocenters. The van der Waals surface area contributed by atoms with Crippen LogP contribution in [-0.4, -0.2) is 44.9 Å². The van der Waals surface area contributed by atoms with E-state index in [4.69, 9.17) is 0 Å². The van der Waals surface area contributed by atoms with E-state index in [1.54, 1.807) is 22.0 Å². The Kier molecular flexibility index (Phi) is 3.85. The molecule has 7 nitrogen and oxygen atoms in total. The van der Waals surface area contributed by atoms with Crippen LogP contribution < -0.4 is 9.80 Å². The number of aryl methyl sites for hydroxylation is 1. The number of nitrogens with zero attached hydrogens (tertiary/aromatic N) is 6. The van der Waals surface area contributed by atoms with Crippen molar-refractivity contribution in [3.63, 3.8) is 0 Å². The lowest BCUT2D eigenvalue weighted by atomic mass is 10.3. The normalized spacial score (nSPS) is 18.8. The summed E-state index contributed by atoms with van der Waals surface area (Å²) in [6.45, 7) is 3.37. The molecule has 3 aromatic heterocycles. The molecular weight excluding hydrogens is 359 g/mol. The molecule has 5 rings (SSSR count). The minimum absolute atomic E-state index is 0.102. The van der Waals surface area contributed by atoms with E-state index in [0.717, 1.165) is 22.9 Å². The number of hydrogen-bond donors (Lipinski definition) is 0. The van der Waals surface area contributed by atoms with Crippen LogP contribution in [0.5, 0.6) is 0 Å². The van der Waals surface area contributed by atoms with E-state index in [0.29, 0.717) is 37.4 Å². The molecular formula is C20H19FN6O. The quantitative estimate of drug-likeness (QED) is 0.701. The molecule has 0 bridgehead atoms. The number of aromatic nitrogens is 4. The molecule has 1 atom stereocenters. The largest absolute Gasteiger partial charge is 0.354 e. The fourth-order valence-corrected chi connectivity index (χ4v) is 3.69. The van der Waals surface area contributed by atoms with Gasteiger partial charge in [-0.05, 0) is 37.6 Å². The first-order chi connectivity index (χ1) is 13.6. The van der Waals surface area contributed by atoms with Gasteiger partial charge in [-0.25, -0.2) is 19.0 Å². The van der Waals surface area contributed by atoms with Crippen LogP contribution in [0.2, 0.25) is 0 Å². The van der Waals surface area contributed by atoms with Crippen molar-refractivity contribution in [2.45, 2.75) is 26.1 Å². The van der Waals surface area contributed by atoms with Gasteiger partial charge in [-0.15, -0.1) is 0 Å². The summed E-state index contributed by atoms with van der Waals surface area (Å²) in [4.78, 5) is 25.2. The van der Waals surface area contributed by atoms with Gasteiger partial charge in [0.05, 0.1) is 36.2 Å². The van der Waals surface area contributed by atoms with Crippen molar-refractivity contribution < 1.29 is 9.18 Å². The topological polar surface area (TPSA) is 67.2 Å². The molecule has 2 aliphatic rings. The van der Waals surface area contributed by atoms with Gasteiger partial charge in [0, 0.05) is 18.4 Å². The fourth-order valence-electron chi connectivity index (χ4n) is 3.69. The van der Waals surface area contributed by atoms with Crippen molar-refractivity contribution >= 4 is 17.5 Å². The van der Waals surface area contributed by atoms with Crippen LogP contribution in [0, 0.1) is 6.92 Å². The molecule has 2 aliphatic heterocycles. The zero-order chi connectivity index (χ0) is 19.3. The Labute approximate surface area is 161 Å². The predicted octanol–water partition coefficient (Wildman–Crippen LogP) is 2.68. The predicted molar refractivity (Wildman–Crippen MR) is 103 cm³/mol. The van der Waals surface area contributed by atoms with Gasteiger partial charge in [0.15, 0.2) is 0 Å². The molecule has 142 valence electrons. The number of alkyl halides is 1. The molecule has 1 saturated heterocycles. The standard InChI is InChI=1S/C20H19FN6O/c1-13-3-2-4-19(23-13)26-12-17-16(20(26)28)11-27(24-17)15-5-6-18(22-9-15)25-8-7-14(21)10-25/h2-6,9,11,14H,7-8,10,12H2,1H3. The number of amides is 1. The second-order valence-electron chi connectivity index (χ2n) is 7.17. The highest BCUT2D eigenvalue weighted by Gasteiger charge is 2.32. The third-order valence-electron chi connectivity index (χ3n) is 5.18. The molecule has 0 saturated carbocycles. The molecule has 1 fully saturated rings. The Morgan fingerprint density at radius 1 is 1.18 bits per heavy atom. The first kappa shape index (κ1) is 16.9. The molecule has 0 aliphatic carbocycles. The molecule has 0 aromatic carbocycles. The van der Waals surface area contributed by atoms with Crippen molar-refractivity contribution in [2.75, 3.05) is 22.9 Å². The summed E-state index contributed by atoms with van der Waals surface area (Å²) in [5.74, 6) is 1.30. The minimum atomic E-state index is -0.785. The molecule has 1 amide bonds. The Balaban J connectivity index is 1.37. The van der Waals surface area contributed by atoms with Crippen LogP contribution in [0.15, 0.2) is 42.7 Å². The number of carbonyl (C=O) groups is 1. The summed E-state index contributed by atoms with van der Waals surface area (Å²) in [6, 6.07) is 9.37. The summed E-state index contributed by atoms with van der Waals surface area (Å²) in [5.41, 5.74) is 2.93. The van der Waals surface area contributed by atoms with E-state index in [-0.39, 0.29) is 5.91 Å². The summed E-state index contributed by atoms with van der Waals surface area (Å²) in [7, 11) is 0. The number of rotatable bonds is 3. The third-order valence-corrected chi connectivity index (χ3v) is 5.18. The Morgan fingerprint density at radius 3 is 2.75 bits per heavy atom. The highest BCUT2D eigenvalue weighted by Crippen LogP contribution is 2.27. The highest BCUT2D eigenvalue weighted by atomic mass is 19.1. The average molecular weight is 378 g/mol. The molecule has 8 heteroatoms. The van der Waals surface area contributed by atoms with E-state index >= 15 is 0 Å². The first-order valence-corrected chi connectivity index (χ1v) is 9.28. The lowest BCUT2D eigenvalue weighted by Gasteiger charge is -2.16. The summed E-state index contributed by atoms with van der Waals surface area (Å²) < 4.78 is 15.1. The SMILES string of the molecule is Cc1cccc(N2Cc3nn(-c4ccc(N5CCC(F)C5)nc4)cc3C2=O)n1. The zero-order valence-corrected chi connectivity index (χ0v) is 15.4. The van der Waals surface area contributed by atoms with Crippen molar-refractivity contribution in [3.8, 4) is 5.69 Å². The van der Waals surface area contributed by atoms with Crippen LogP contribution in [0.3, 0.4) is 0 Å². The summed E-state index contributed by atoms with van der Waals surface area (Å²) in [5, 5.41) is 4.56. The lowest BCUT2D eigenvalue weighted by Crippen LogP contribution is -2.25. The number of pyridine rings is 2. The van der Waals surface area contributed by atoms with Crippen LogP contribution in [0.4, 0.5) is 16.0 Å². The number of anilines is 2. The van der Waals surface area contributed by atoms with E-state index in [9.17, 15) is 9.18 Å². The van der Waals surface area contributed by atoms with Gasteiger partial charge in [0.2, 0.25) is 0 Å². The molecule has 5 heterocycles. The van der Waals surface area contributed by atoms with E-state index < -0.39 is 6.17 Å².